The second-order valence-corrected chi connectivity index (χ2v) is 4.98. The number of hydrogen-bond acceptors (Lipinski definition) is 3. The van der Waals surface area contributed by atoms with Gasteiger partial charge in [0.15, 0.2) is 5.11 Å². The quantitative estimate of drug-likeness (QED) is 0.698. The maximum atomic E-state index is 13.6. The molecule has 0 aliphatic carbocycles. The molecule has 2 aromatic rings. The molecular formula is C15H10F2N2O2S. The first-order chi connectivity index (χ1) is 10.6. The smallest absolute Gasteiger partial charge is 0.276 e. The van der Waals surface area contributed by atoms with Gasteiger partial charge < -0.3 is 9.73 Å². The normalized spacial score (nSPS) is 16.5. The molecule has 7 heteroatoms. The minimum atomic E-state index is -0.752. The highest BCUT2D eigenvalue weighted by Gasteiger charge is 2.31. The average molecular weight is 320 g/mol. The lowest BCUT2D eigenvalue weighted by Gasteiger charge is -2.11. The summed E-state index contributed by atoms with van der Waals surface area (Å²) < 4.78 is 32.5. The van der Waals surface area contributed by atoms with Crippen molar-refractivity contribution >= 4 is 29.3 Å². The molecule has 1 aliphatic rings. The summed E-state index contributed by atoms with van der Waals surface area (Å²) >= 11 is 5.07. The van der Waals surface area contributed by atoms with Gasteiger partial charge in [-0.1, -0.05) is 6.07 Å². The third kappa shape index (κ3) is 2.62. The highest BCUT2D eigenvalue weighted by Crippen LogP contribution is 2.20. The molecule has 1 aromatic carbocycles. The molecule has 112 valence electrons. The van der Waals surface area contributed by atoms with E-state index in [9.17, 15) is 13.6 Å². The van der Waals surface area contributed by atoms with Gasteiger partial charge in [0, 0.05) is 5.56 Å². The lowest BCUT2D eigenvalue weighted by atomic mass is 10.1. The molecule has 3 rings (SSSR count). The predicted octanol–water partition coefficient (Wildman–Crippen LogP) is 2.82. The van der Waals surface area contributed by atoms with Crippen LogP contribution in [0.1, 0.15) is 11.3 Å². The highest BCUT2D eigenvalue weighted by atomic mass is 32.1. The van der Waals surface area contributed by atoms with Crippen LogP contribution in [0.15, 0.2) is 46.7 Å². The van der Waals surface area contributed by atoms with Crippen molar-refractivity contribution in [3.63, 3.8) is 0 Å². The van der Waals surface area contributed by atoms with Gasteiger partial charge in [-0.25, -0.2) is 8.78 Å². The van der Waals surface area contributed by atoms with Crippen molar-refractivity contribution in [1.82, 2.24) is 10.2 Å². The van der Waals surface area contributed by atoms with Gasteiger partial charge in [0.25, 0.3) is 5.91 Å². The highest BCUT2D eigenvalue weighted by molar-refractivity contribution is 7.80. The fraction of sp³-hybridized carbons (Fsp3) is 0.0667. The minimum absolute atomic E-state index is 0.0144. The van der Waals surface area contributed by atoms with Crippen molar-refractivity contribution < 1.29 is 18.0 Å². The molecule has 1 fully saturated rings. The number of carbonyl (C=O) groups is 1. The van der Waals surface area contributed by atoms with Crippen LogP contribution in [0.25, 0.3) is 6.08 Å². The van der Waals surface area contributed by atoms with Crippen molar-refractivity contribution in [2.24, 2.45) is 0 Å². The molecule has 2 heterocycles. The van der Waals surface area contributed by atoms with Gasteiger partial charge in [0.1, 0.15) is 23.1 Å². The number of halogens is 2. The van der Waals surface area contributed by atoms with E-state index in [2.05, 4.69) is 5.32 Å². The van der Waals surface area contributed by atoms with Crippen LogP contribution in [0, 0.1) is 11.6 Å². The van der Waals surface area contributed by atoms with Crippen LogP contribution < -0.4 is 5.32 Å². The second-order valence-electron chi connectivity index (χ2n) is 4.59. The average Bonchev–Trinajstić information content (AvgIpc) is 3.07. The van der Waals surface area contributed by atoms with E-state index in [0.717, 1.165) is 18.2 Å². The van der Waals surface area contributed by atoms with Crippen LogP contribution in [-0.4, -0.2) is 15.9 Å². The van der Waals surface area contributed by atoms with Gasteiger partial charge in [-0.15, -0.1) is 0 Å². The van der Waals surface area contributed by atoms with Crippen molar-refractivity contribution in [3.05, 3.63) is 65.3 Å². The fourth-order valence-electron chi connectivity index (χ4n) is 2.07. The first-order valence-electron chi connectivity index (χ1n) is 6.37. The summed E-state index contributed by atoms with van der Waals surface area (Å²) in [6.45, 7) is 0.148. The lowest BCUT2D eigenvalue weighted by molar-refractivity contribution is -0.122. The van der Waals surface area contributed by atoms with E-state index >= 15 is 0 Å². The number of amides is 1. The Kier molecular flexibility index (Phi) is 3.72. The number of nitrogens with zero attached hydrogens (tertiary/aromatic N) is 1. The number of hydrogen-bond donors (Lipinski definition) is 1. The molecule has 0 spiro atoms. The second kappa shape index (κ2) is 5.69. The zero-order valence-electron chi connectivity index (χ0n) is 11.2. The lowest BCUT2D eigenvalue weighted by Crippen LogP contribution is -2.29. The summed E-state index contributed by atoms with van der Waals surface area (Å²) in [6, 6.07) is 6.89. The van der Waals surface area contributed by atoms with Crippen LogP contribution >= 0.6 is 12.2 Å². The van der Waals surface area contributed by atoms with Gasteiger partial charge in [-0.05, 0) is 42.6 Å². The van der Waals surface area contributed by atoms with Crippen LogP contribution in [0.2, 0.25) is 0 Å². The SMILES string of the molecule is O=C1/C(=C/c2c(F)cccc2F)NC(=S)N1Cc1ccco1. The number of thiocarbonyl (C=S) groups is 1. The summed E-state index contributed by atoms with van der Waals surface area (Å²) in [7, 11) is 0. The van der Waals surface area contributed by atoms with Crippen molar-refractivity contribution in [1.29, 1.82) is 0 Å². The summed E-state index contributed by atoms with van der Waals surface area (Å²) in [6.07, 6.45) is 2.60. The molecule has 1 aliphatic heterocycles. The van der Waals surface area contributed by atoms with Crippen LogP contribution in [-0.2, 0) is 11.3 Å². The largest absolute Gasteiger partial charge is 0.467 e. The molecule has 22 heavy (non-hydrogen) atoms. The van der Waals surface area contributed by atoms with E-state index in [1.165, 1.54) is 17.2 Å². The van der Waals surface area contributed by atoms with Crippen molar-refractivity contribution in [2.75, 3.05) is 0 Å². The summed E-state index contributed by atoms with van der Waals surface area (Å²) in [5.74, 6) is -1.42. The molecular weight excluding hydrogens is 310 g/mol. The number of nitrogens with one attached hydrogen (secondary N) is 1. The Bertz CT molecular complexity index is 752. The molecule has 0 bridgehead atoms. The maximum absolute atomic E-state index is 13.6. The number of benzene rings is 1. The Labute approximate surface area is 130 Å². The molecule has 4 nitrogen and oxygen atoms in total. The van der Waals surface area contributed by atoms with Gasteiger partial charge in [0.05, 0.1) is 12.8 Å². The maximum Gasteiger partial charge on any atom is 0.276 e. The minimum Gasteiger partial charge on any atom is -0.467 e. The van der Waals surface area contributed by atoms with E-state index in [1.54, 1.807) is 12.1 Å². The van der Waals surface area contributed by atoms with E-state index in [4.69, 9.17) is 16.6 Å². The van der Waals surface area contributed by atoms with Gasteiger partial charge in [0.2, 0.25) is 0 Å². The number of carbonyl (C=O) groups excluding carboxylic acids is 1. The number of furan rings is 1. The van der Waals surface area contributed by atoms with Gasteiger partial charge in [-0.2, -0.15) is 0 Å². The van der Waals surface area contributed by atoms with Crippen LogP contribution in [0.4, 0.5) is 8.78 Å². The molecule has 0 saturated carbocycles. The van der Waals surface area contributed by atoms with E-state index in [1.807, 2.05) is 0 Å². The Hall–Kier alpha value is -2.54. The molecule has 0 atom stereocenters. The van der Waals surface area contributed by atoms with Crippen LogP contribution in [0.3, 0.4) is 0 Å². The van der Waals surface area contributed by atoms with E-state index in [0.29, 0.717) is 5.76 Å². The Morgan fingerprint density at radius 1 is 1.23 bits per heavy atom. The Balaban J connectivity index is 1.89. The topological polar surface area (TPSA) is 45.5 Å². The summed E-state index contributed by atoms with van der Waals surface area (Å²) in [5.41, 5.74) is -0.276. The molecule has 0 radical (unpaired) electrons. The van der Waals surface area contributed by atoms with Crippen molar-refractivity contribution in [3.8, 4) is 0 Å². The fourth-order valence-corrected chi connectivity index (χ4v) is 2.32. The third-order valence-electron chi connectivity index (χ3n) is 3.14. The standard InChI is InChI=1S/C15H10F2N2O2S/c16-11-4-1-5-12(17)10(11)7-13-14(20)19(15(22)18-13)8-9-3-2-6-21-9/h1-7H,8H2,(H,18,22)/b13-7-. The summed E-state index contributed by atoms with van der Waals surface area (Å²) in [5, 5.41) is 2.82. The van der Waals surface area contributed by atoms with Gasteiger partial charge >= 0.3 is 0 Å². The van der Waals surface area contributed by atoms with E-state index in [-0.39, 0.29) is 22.9 Å². The predicted molar refractivity (Wildman–Crippen MR) is 79.3 cm³/mol. The zero-order chi connectivity index (χ0) is 15.7. The molecule has 1 aromatic heterocycles. The van der Waals surface area contributed by atoms with E-state index < -0.39 is 17.5 Å². The summed E-state index contributed by atoms with van der Waals surface area (Å²) in [4.78, 5) is 13.6. The first-order valence-corrected chi connectivity index (χ1v) is 6.78. The van der Waals surface area contributed by atoms with Gasteiger partial charge in [-0.3, -0.25) is 9.69 Å². The molecule has 1 saturated heterocycles. The zero-order valence-corrected chi connectivity index (χ0v) is 12.0. The first kappa shape index (κ1) is 14.4. The molecule has 1 N–H and O–H groups in total. The van der Waals surface area contributed by atoms with Crippen molar-refractivity contribution in [2.45, 2.75) is 6.54 Å². The van der Waals surface area contributed by atoms with Crippen LogP contribution in [0.5, 0.6) is 0 Å². The number of rotatable bonds is 3. The Morgan fingerprint density at radius 3 is 2.59 bits per heavy atom. The molecule has 0 unspecified atom stereocenters. The monoisotopic (exact) mass is 320 g/mol. The molecule has 1 amide bonds. The third-order valence-corrected chi connectivity index (χ3v) is 3.47. The Morgan fingerprint density at radius 2 is 1.95 bits per heavy atom.